The predicted molar refractivity (Wildman–Crippen MR) is 85.6 cm³/mol. The van der Waals surface area contributed by atoms with Crippen molar-refractivity contribution < 1.29 is 4.92 Å². The number of benzene rings is 1. The third-order valence-corrected chi connectivity index (χ3v) is 4.74. The molecule has 0 N–H and O–H groups in total. The Morgan fingerprint density at radius 3 is 2.75 bits per heavy atom. The summed E-state index contributed by atoms with van der Waals surface area (Å²) in [5.41, 5.74) is 2.54. The number of hydrogen-bond acceptors (Lipinski definition) is 2. The van der Waals surface area contributed by atoms with Crippen LogP contribution in [0.2, 0.25) is 5.32 Å². The van der Waals surface area contributed by atoms with E-state index >= 15 is 0 Å². The van der Waals surface area contributed by atoms with E-state index in [1.807, 2.05) is 44.2 Å². The van der Waals surface area contributed by atoms with Gasteiger partial charge >= 0.3 is 126 Å². The number of para-hydroxylation sites is 1. The van der Waals surface area contributed by atoms with Gasteiger partial charge in [-0.3, -0.25) is 0 Å². The Morgan fingerprint density at radius 1 is 1.40 bits per heavy atom. The first-order chi connectivity index (χ1) is 9.50. The fourth-order valence-electron chi connectivity index (χ4n) is 1.48. The van der Waals surface area contributed by atoms with Gasteiger partial charge in [-0.1, -0.05) is 0 Å². The molecule has 0 saturated carbocycles. The van der Waals surface area contributed by atoms with E-state index in [4.69, 9.17) is 0 Å². The summed E-state index contributed by atoms with van der Waals surface area (Å²) < 4.78 is 0.853. The quantitative estimate of drug-likeness (QED) is 0.329. The van der Waals surface area contributed by atoms with E-state index in [0.29, 0.717) is 0 Å². The summed E-state index contributed by atoms with van der Waals surface area (Å²) >= 11 is 0.108. The maximum atomic E-state index is 10.9. The Morgan fingerprint density at radius 2 is 2.10 bits per heavy atom. The average Bonchev–Trinajstić information content (AvgIpc) is 2.38. The van der Waals surface area contributed by atoms with Crippen LogP contribution in [0.25, 0.3) is 0 Å². The zero-order chi connectivity index (χ0) is 15.0. The van der Waals surface area contributed by atoms with Crippen molar-refractivity contribution in [1.29, 1.82) is 0 Å². The predicted octanol–water partition coefficient (Wildman–Crippen LogP) is 3.81. The van der Waals surface area contributed by atoms with E-state index in [9.17, 15) is 10.1 Å². The minimum atomic E-state index is -0.305. The Balaban J connectivity index is 2.49. The molecule has 1 aromatic rings. The first kappa shape index (κ1) is 16.4. The summed E-state index contributed by atoms with van der Waals surface area (Å²) in [5, 5.41) is 11.8. The molecule has 0 aromatic heterocycles. The topological polar surface area (TPSA) is 43.1 Å². The normalized spacial score (nSPS) is 10.5. The molecule has 0 atom stereocenters. The van der Waals surface area contributed by atoms with Crippen molar-refractivity contribution in [1.82, 2.24) is 0 Å². The number of hydrogen-bond donors (Lipinski definition) is 0. The number of nitro groups is 1. The van der Waals surface area contributed by atoms with Gasteiger partial charge in [0.1, 0.15) is 0 Å². The molecule has 0 aliphatic rings. The second-order valence-corrected chi connectivity index (χ2v) is 6.97. The van der Waals surface area contributed by atoms with Crippen molar-refractivity contribution in [2.45, 2.75) is 25.6 Å². The van der Waals surface area contributed by atoms with Gasteiger partial charge in [-0.15, -0.1) is 0 Å². The van der Waals surface area contributed by atoms with E-state index in [1.54, 1.807) is 12.1 Å². The van der Waals surface area contributed by atoms with Crippen molar-refractivity contribution in [3.05, 3.63) is 70.3 Å². The molecule has 106 valence electrons. The van der Waals surface area contributed by atoms with Gasteiger partial charge in [-0.25, -0.2) is 0 Å². The summed E-state index contributed by atoms with van der Waals surface area (Å²) in [7, 11) is 0. The van der Waals surface area contributed by atoms with Crippen molar-refractivity contribution >= 4 is 25.1 Å². The van der Waals surface area contributed by atoms with Crippen LogP contribution in [0.3, 0.4) is 0 Å². The Hall–Kier alpha value is -1.64. The molecule has 3 nitrogen and oxygen atoms in total. The molecule has 0 saturated heterocycles. The van der Waals surface area contributed by atoms with E-state index in [1.165, 1.54) is 5.57 Å². The van der Waals surface area contributed by atoms with Crippen molar-refractivity contribution in [3.63, 3.8) is 0 Å². The number of rotatable bonds is 7. The standard InChI is InChI=1S/C16H19NO2Se/c1-13(2)7-6-8-14(3)11-12-20-16-10-5-4-9-15(16)17(18)19/h4-10H,3,11-12H2,1-2H3/b8-6+. The fraction of sp³-hybridized carbons (Fsp3) is 0.250. The summed E-state index contributed by atoms with van der Waals surface area (Å²) in [6.45, 7) is 8.09. The number of nitro benzene ring substituents is 1. The molecule has 0 radical (unpaired) electrons. The summed E-state index contributed by atoms with van der Waals surface area (Å²) in [6, 6.07) is 6.98. The first-order valence-corrected chi connectivity index (χ1v) is 8.43. The fourth-order valence-corrected chi connectivity index (χ4v) is 3.68. The van der Waals surface area contributed by atoms with Gasteiger partial charge < -0.3 is 0 Å². The second-order valence-electron chi connectivity index (χ2n) is 4.58. The minimum absolute atomic E-state index is 0.108. The zero-order valence-corrected chi connectivity index (χ0v) is 13.5. The Labute approximate surface area is 126 Å². The van der Waals surface area contributed by atoms with Crippen LogP contribution < -0.4 is 4.46 Å². The molecule has 1 rings (SSSR count). The van der Waals surface area contributed by atoms with Gasteiger partial charge in [0.25, 0.3) is 0 Å². The van der Waals surface area contributed by atoms with Gasteiger partial charge in [0.15, 0.2) is 0 Å². The van der Waals surface area contributed by atoms with Crippen molar-refractivity contribution in [2.24, 2.45) is 0 Å². The molecule has 0 aliphatic carbocycles. The monoisotopic (exact) mass is 337 g/mol. The molecule has 20 heavy (non-hydrogen) atoms. The molecule has 0 bridgehead atoms. The third-order valence-electron chi connectivity index (χ3n) is 2.50. The Bertz CT molecular complexity index is 543. The van der Waals surface area contributed by atoms with Gasteiger partial charge in [-0.2, -0.15) is 0 Å². The number of allylic oxidation sites excluding steroid dienone is 5. The molecular weight excluding hydrogens is 317 g/mol. The van der Waals surface area contributed by atoms with E-state index < -0.39 is 0 Å². The van der Waals surface area contributed by atoms with Gasteiger partial charge in [0.05, 0.1) is 0 Å². The molecule has 0 unspecified atom stereocenters. The van der Waals surface area contributed by atoms with Crippen molar-refractivity contribution in [3.8, 4) is 0 Å². The third kappa shape index (κ3) is 6.00. The van der Waals surface area contributed by atoms with Gasteiger partial charge in [-0.05, 0) is 0 Å². The van der Waals surface area contributed by atoms with Crippen LogP contribution in [-0.2, 0) is 0 Å². The molecule has 0 fully saturated rings. The van der Waals surface area contributed by atoms with E-state index in [-0.39, 0.29) is 25.6 Å². The van der Waals surface area contributed by atoms with Crippen LogP contribution in [0, 0.1) is 10.1 Å². The van der Waals surface area contributed by atoms with Gasteiger partial charge in [0, 0.05) is 0 Å². The SMILES string of the molecule is C=C(/C=C/C=C(C)C)CC[Se]c1ccccc1[N+](=O)[O-]. The molecule has 0 spiro atoms. The maximum absolute atomic E-state index is 10.9. The average molecular weight is 336 g/mol. The Kier molecular flexibility index (Phi) is 6.99. The zero-order valence-electron chi connectivity index (χ0n) is 11.8. The van der Waals surface area contributed by atoms with Gasteiger partial charge in [0.2, 0.25) is 0 Å². The molecular formula is C16H19NO2Se. The van der Waals surface area contributed by atoms with Crippen molar-refractivity contribution in [2.75, 3.05) is 0 Å². The van der Waals surface area contributed by atoms with Crippen LogP contribution in [0.4, 0.5) is 5.69 Å². The second kappa shape index (κ2) is 8.51. The molecule has 4 heteroatoms. The first-order valence-electron chi connectivity index (χ1n) is 6.36. The molecule has 0 aliphatic heterocycles. The summed E-state index contributed by atoms with van der Waals surface area (Å²) in [4.78, 5) is 10.6. The summed E-state index contributed by atoms with van der Waals surface area (Å²) in [5.74, 6) is 0. The van der Waals surface area contributed by atoms with E-state index in [2.05, 4.69) is 6.58 Å². The van der Waals surface area contributed by atoms with Crippen LogP contribution in [0.15, 0.2) is 60.2 Å². The van der Waals surface area contributed by atoms with Crippen LogP contribution in [0.5, 0.6) is 0 Å². The molecule has 1 aromatic carbocycles. The number of nitrogens with zero attached hydrogens (tertiary/aromatic N) is 1. The van der Waals surface area contributed by atoms with E-state index in [0.717, 1.165) is 21.8 Å². The van der Waals surface area contributed by atoms with Crippen LogP contribution in [-0.4, -0.2) is 19.9 Å². The van der Waals surface area contributed by atoms with Crippen LogP contribution >= 0.6 is 0 Å². The summed E-state index contributed by atoms with van der Waals surface area (Å²) in [6.07, 6.45) is 6.91. The molecule has 0 amide bonds. The van der Waals surface area contributed by atoms with Crippen LogP contribution in [0.1, 0.15) is 20.3 Å². The molecule has 0 heterocycles.